The maximum Gasteiger partial charge on any atom is 0.308 e. The van der Waals surface area contributed by atoms with Gasteiger partial charge in [0.1, 0.15) is 6.61 Å². The molecule has 1 N–H and O–H groups in total. The molecule has 1 saturated carbocycles. The van der Waals surface area contributed by atoms with Crippen LogP contribution in [0, 0.1) is 5.92 Å². The highest BCUT2D eigenvalue weighted by atomic mass is 16.5. The molecular weight excluding hydrogens is 204 g/mol. The van der Waals surface area contributed by atoms with Gasteiger partial charge in [-0.3, -0.25) is 4.79 Å². The molecule has 86 valence electrons. The Bertz CT molecular complexity index is 343. The van der Waals surface area contributed by atoms with E-state index in [9.17, 15) is 9.90 Å². The van der Waals surface area contributed by atoms with Crippen LogP contribution in [0.25, 0.3) is 0 Å². The lowest BCUT2D eigenvalue weighted by Crippen LogP contribution is -2.16. The van der Waals surface area contributed by atoms with Gasteiger partial charge in [-0.25, -0.2) is 0 Å². The van der Waals surface area contributed by atoms with Gasteiger partial charge in [0.05, 0.1) is 12.5 Å². The Morgan fingerprint density at radius 3 is 2.62 bits per heavy atom. The van der Waals surface area contributed by atoms with E-state index >= 15 is 0 Å². The number of aliphatic hydroxyl groups excluding tert-OH is 1. The molecule has 3 nitrogen and oxygen atoms in total. The molecule has 1 aliphatic rings. The van der Waals surface area contributed by atoms with Gasteiger partial charge >= 0.3 is 5.97 Å². The van der Waals surface area contributed by atoms with Crippen LogP contribution in [0.15, 0.2) is 30.3 Å². The highest BCUT2D eigenvalue weighted by Crippen LogP contribution is 2.30. The second-order valence-corrected chi connectivity index (χ2v) is 4.19. The number of benzene rings is 1. The molecule has 0 bridgehead atoms. The molecule has 16 heavy (non-hydrogen) atoms. The van der Waals surface area contributed by atoms with Crippen molar-refractivity contribution in [3.05, 3.63) is 35.9 Å². The van der Waals surface area contributed by atoms with Crippen molar-refractivity contribution in [3.8, 4) is 0 Å². The zero-order chi connectivity index (χ0) is 11.4. The lowest BCUT2D eigenvalue weighted by molar-refractivity contribution is -0.146. The highest BCUT2D eigenvalue weighted by Gasteiger charge is 2.31. The Kier molecular flexibility index (Phi) is 3.57. The van der Waals surface area contributed by atoms with E-state index in [2.05, 4.69) is 0 Å². The zero-order valence-corrected chi connectivity index (χ0v) is 9.13. The van der Waals surface area contributed by atoms with E-state index in [1.807, 2.05) is 30.3 Å². The average Bonchev–Trinajstić information content (AvgIpc) is 3.15. The number of hydrogen-bond donors (Lipinski definition) is 1. The minimum atomic E-state index is -0.116. The molecular formula is C13H16O3. The van der Waals surface area contributed by atoms with E-state index in [0.717, 1.165) is 18.4 Å². The Morgan fingerprint density at radius 1 is 1.38 bits per heavy atom. The summed E-state index contributed by atoms with van der Waals surface area (Å²) in [5.74, 6) is -0.103. The summed E-state index contributed by atoms with van der Waals surface area (Å²) >= 11 is 0. The summed E-state index contributed by atoms with van der Waals surface area (Å²) < 4.78 is 5.17. The van der Waals surface area contributed by atoms with Gasteiger partial charge in [0.2, 0.25) is 0 Å². The van der Waals surface area contributed by atoms with Crippen LogP contribution in [-0.4, -0.2) is 24.3 Å². The normalized spacial score (nSPS) is 16.8. The minimum absolute atomic E-state index is 0.00194. The molecule has 0 amide bonds. The first-order valence-corrected chi connectivity index (χ1v) is 5.63. The largest absolute Gasteiger partial charge is 0.465 e. The number of esters is 1. The van der Waals surface area contributed by atoms with Crippen LogP contribution in [0.4, 0.5) is 0 Å². The monoisotopic (exact) mass is 220 g/mol. The third kappa shape index (κ3) is 2.83. The van der Waals surface area contributed by atoms with Crippen LogP contribution in [0.5, 0.6) is 0 Å². The molecule has 3 heteroatoms. The van der Waals surface area contributed by atoms with E-state index in [4.69, 9.17) is 4.74 Å². The van der Waals surface area contributed by atoms with E-state index in [0.29, 0.717) is 0 Å². The fourth-order valence-corrected chi connectivity index (χ4v) is 1.60. The molecule has 2 rings (SSSR count). The first kappa shape index (κ1) is 11.1. The van der Waals surface area contributed by atoms with E-state index < -0.39 is 0 Å². The third-order valence-corrected chi connectivity index (χ3v) is 2.83. The van der Waals surface area contributed by atoms with Crippen molar-refractivity contribution in [1.82, 2.24) is 0 Å². The van der Waals surface area contributed by atoms with Crippen molar-refractivity contribution in [3.63, 3.8) is 0 Å². The number of carbonyl (C=O) groups excluding carboxylic acids is 1. The Balaban J connectivity index is 1.88. The van der Waals surface area contributed by atoms with Gasteiger partial charge in [0.15, 0.2) is 0 Å². The van der Waals surface area contributed by atoms with Crippen LogP contribution in [-0.2, 0) is 9.53 Å². The topological polar surface area (TPSA) is 46.5 Å². The summed E-state index contributed by atoms with van der Waals surface area (Å²) in [4.78, 5) is 11.4. The van der Waals surface area contributed by atoms with Crippen molar-refractivity contribution < 1.29 is 14.6 Å². The SMILES string of the molecule is O=C(OCC(CO)c1ccccc1)C1CC1. The van der Waals surface area contributed by atoms with Gasteiger partial charge in [-0.1, -0.05) is 30.3 Å². The number of rotatable bonds is 5. The first-order valence-electron chi connectivity index (χ1n) is 5.63. The molecule has 0 spiro atoms. The molecule has 1 aliphatic carbocycles. The summed E-state index contributed by atoms with van der Waals surface area (Å²) in [5.41, 5.74) is 1.01. The number of ether oxygens (including phenoxy) is 1. The van der Waals surface area contributed by atoms with Gasteiger partial charge in [-0.05, 0) is 18.4 Å². The molecule has 1 aromatic carbocycles. The van der Waals surface area contributed by atoms with Gasteiger partial charge in [-0.15, -0.1) is 0 Å². The maximum absolute atomic E-state index is 11.4. The lowest BCUT2D eigenvalue weighted by atomic mass is 10.0. The van der Waals surface area contributed by atoms with Gasteiger partial charge in [-0.2, -0.15) is 0 Å². The van der Waals surface area contributed by atoms with Crippen LogP contribution in [0.2, 0.25) is 0 Å². The molecule has 1 fully saturated rings. The van der Waals surface area contributed by atoms with Crippen molar-refractivity contribution in [2.75, 3.05) is 13.2 Å². The zero-order valence-electron chi connectivity index (χ0n) is 9.13. The number of aliphatic hydroxyl groups is 1. The van der Waals surface area contributed by atoms with Crippen LogP contribution in [0.3, 0.4) is 0 Å². The van der Waals surface area contributed by atoms with Gasteiger partial charge in [0, 0.05) is 5.92 Å². The molecule has 1 aromatic rings. The number of carbonyl (C=O) groups is 1. The molecule has 1 atom stereocenters. The quantitative estimate of drug-likeness (QED) is 0.768. The molecule has 0 saturated heterocycles. The molecule has 0 heterocycles. The van der Waals surface area contributed by atoms with Gasteiger partial charge < -0.3 is 9.84 Å². The summed E-state index contributed by atoms with van der Waals surface area (Å²) in [6.45, 7) is 0.276. The standard InChI is InChI=1S/C13H16O3/c14-8-12(10-4-2-1-3-5-10)9-16-13(15)11-6-7-11/h1-5,11-12,14H,6-9H2. The predicted octanol–water partition coefficient (Wildman–Crippen LogP) is 1.72. The number of hydrogen-bond acceptors (Lipinski definition) is 3. The second kappa shape index (κ2) is 5.12. The summed E-state index contributed by atoms with van der Waals surface area (Å²) in [7, 11) is 0. The van der Waals surface area contributed by atoms with Crippen LogP contribution in [0.1, 0.15) is 24.3 Å². The van der Waals surface area contributed by atoms with E-state index in [1.165, 1.54) is 0 Å². The fourth-order valence-electron chi connectivity index (χ4n) is 1.60. The molecule has 1 unspecified atom stereocenters. The van der Waals surface area contributed by atoms with Crippen molar-refractivity contribution in [2.24, 2.45) is 5.92 Å². The molecule has 0 aromatic heterocycles. The Morgan fingerprint density at radius 2 is 2.06 bits per heavy atom. The van der Waals surface area contributed by atoms with Gasteiger partial charge in [0.25, 0.3) is 0 Å². The molecule has 0 aliphatic heterocycles. The lowest BCUT2D eigenvalue weighted by Gasteiger charge is -2.14. The van der Waals surface area contributed by atoms with Crippen molar-refractivity contribution in [1.29, 1.82) is 0 Å². The highest BCUT2D eigenvalue weighted by molar-refractivity contribution is 5.74. The summed E-state index contributed by atoms with van der Waals surface area (Å²) in [6.07, 6.45) is 1.90. The first-order chi connectivity index (χ1) is 7.81. The van der Waals surface area contributed by atoms with Crippen molar-refractivity contribution >= 4 is 5.97 Å². The Labute approximate surface area is 95.0 Å². The maximum atomic E-state index is 11.4. The molecule has 0 radical (unpaired) electrons. The third-order valence-electron chi connectivity index (χ3n) is 2.83. The summed E-state index contributed by atoms with van der Waals surface area (Å²) in [6, 6.07) is 9.63. The van der Waals surface area contributed by atoms with E-state index in [1.54, 1.807) is 0 Å². The Hall–Kier alpha value is -1.35. The predicted molar refractivity (Wildman–Crippen MR) is 60.0 cm³/mol. The van der Waals surface area contributed by atoms with E-state index in [-0.39, 0.29) is 31.0 Å². The summed E-state index contributed by atoms with van der Waals surface area (Å²) in [5, 5.41) is 9.26. The second-order valence-electron chi connectivity index (χ2n) is 4.19. The minimum Gasteiger partial charge on any atom is -0.465 e. The van der Waals surface area contributed by atoms with Crippen molar-refractivity contribution in [2.45, 2.75) is 18.8 Å². The fraction of sp³-hybridized carbons (Fsp3) is 0.462. The average molecular weight is 220 g/mol. The smallest absolute Gasteiger partial charge is 0.308 e. The van der Waals surface area contributed by atoms with Crippen LogP contribution >= 0.6 is 0 Å². The van der Waals surface area contributed by atoms with Crippen LogP contribution < -0.4 is 0 Å².